The summed E-state index contributed by atoms with van der Waals surface area (Å²) >= 11 is 3.49. The van der Waals surface area contributed by atoms with Crippen LogP contribution in [-0.2, 0) is 11.2 Å². The van der Waals surface area contributed by atoms with Gasteiger partial charge in [-0.2, -0.15) is 0 Å². The number of carbonyl (C=O) groups is 1. The summed E-state index contributed by atoms with van der Waals surface area (Å²) in [6.45, 7) is 4.08. The molecule has 1 saturated heterocycles. The summed E-state index contributed by atoms with van der Waals surface area (Å²) in [5.41, 5.74) is 0.938. The largest absolute Gasteiger partial charge is 0.496 e. The normalized spacial score (nSPS) is 17.5. The van der Waals surface area contributed by atoms with Gasteiger partial charge in [-0.15, -0.1) is 0 Å². The number of hydrogen-bond acceptors (Lipinski definition) is 3. The van der Waals surface area contributed by atoms with E-state index < -0.39 is 0 Å². The Morgan fingerprint density at radius 1 is 1.38 bits per heavy atom. The van der Waals surface area contributed by atoms with E-state index in [1.807, 2.05) is 18.2 Å². The maximum absolute atomic E-state index is 12.9. The molecule has 0 saturated carbocycles. The van der Waals surface area contributed by atoms with E-state index in [-0.39, 0.29) is 5.41 Å². The first-order valence-electron chi connectivity index (χ1n) is 7.68. The van der Waals surface area contributed by atoms with E-state index in [1.165, 1.54) is 0 Å². The standard InChI is InChI=1S/C17H24BrNO2/c1-3-6-17(7-9-19-10-8-17)16(20)12-13-4-5-15(21-2)14(18)11-13/h4-5,11,19H,3,6-10,12H2,1-2H3. The molecule has 0 aromatic heterocycles. The van der Waals surface area contributed by atoms with Gasteiger partial charge in [0, 0.05) is 11.8 Å². The van der Waals surface area contributed by atoms with E-state index in [1.54, 1.807) is 7.11 Å². The number of nitrogens with one attached hydrogen (secondary N) is 1. The molecule has 1 N–H and O–H groups in total. The van der Waals surface area contributed by atoms with Crippen LogP contribution < -0.4 is 10.1 Å². The van der Waals surface area contributed by atoms with Crippen molar-refractivity contribution in [3.05, 3.63) is 28.2 Å². The van der Waals surface area contributed by atoms with Gasteiger partial charge in [-0.3, -0.25) is 4.79 Å². The van der Waals surface area contributed by atoms with Gasteiger partial charge in [0.2, 0.25) is 0 Å². The zero-order valence-electron chi connectivity index (χ0n) is 12.9. The van der Waals surface area contributed by atoms with Crippen LogP contribution in [0.15, 0.2) is 22.7 Å². The summed E-state index contributed by atoms with van der Waals surface area (Å²) in [5.74, 6) is 1.19. The molecule has 3 nitrogen and oxygen atoms in total. The third-order valence-corrected chi connectivity index (χ3v) is 5.08. The molecule has 1 fully saturated rings. The van der Waals surface area contributed by atoms with Gasteiger partial charge in [-0.05, 0) is 66.0 Å². The van der Waals surface area contributed by atoms with E-state index in [0.29, 0.717) is 12.2 Å². The molecule has 0 radical (unpaired) electrons. The Bertz CT molecular complexity index is 490. The first-order valence-corrected chi connectivity index (χ1v) is 8.47. The zero-order chi connectivity index (χ0) is 15.3. The zero-order valence-corrected chi connectivity index (χ0v) is 14.5. The number of methoxy groups -OCH3 is 1. The number of ether oxygens (including phenoxy) is 1. The van der Waals surface area contributed by atoms with Crippen molar-refractivity contribution in [1.82, 2.24) is 5.32 Å². The summed E-state index contributed by atoms with van der Waals surface area (Å²) in [6, 6.07) is 5.90. The van der Waals surface area contributed by atoms with Crippen LogP contribution in [0, 0.1) is 5.41 Å². The smallest absolute Gasteiger partial charge is 0.143 e. The lowest BCUT2D eigenvalue weighted by Crippen LogP contribution is -2.42. The molecule has 0 atom stereocenters. The van der Waals surface area contributed by atoms with E-state index in [9.17, 15) is 4.79 Å². The molecular formula is C17H24BrNO2. The Labute approximate surface area is 135 Å². The molecule has 1 heterocycles. The van der Waals surface area contributed by atoms with E-state index in [4.69, 9.17) is 4.74 Å². The van der Waals surface area contributed by atoms with Gasteiger partial charge in [0.15, 0.2) is 0 Å². The molecule has 1 aromatic rings. The van der Waals surface area contributed by atoms with E-state index in [2.05, 4.69) is 28.2 Å². The van der Waals surface area contributed by atoms with Crippen molar-refractivity contribution in [3.8, 4) is 5.75 Å². The third-order valence-electron chi connectivity index (χ3n) is 4.46. The van der Waals surface area contributed by atoms with Crippen LogP contribution in [0.3, 0.4) is 0 Å². The number of Topliss-reactive ketones (excluding diaryl/α,β-unsaturated/α-hetero) is 1. The minimum absolute atomic E-state index is 0.119. The van der Waals surface area contributed by atoms with Crippen LogP contribution in [0.4, 0.5) is 0 Å². The minimum atomic E-state index is -0.119. The minimum Gasteiger partial charge on any atom is -0.496 e. The van der Waals surface area contributed by atoms with Crippen molar-refractivity contribution in [3.63, 3.8) is 0 Å². The lowest BCUT2D eigenvalue weighted by atomic mass is 9.70. The fourth-order valence-corrected chi connectivity index (χ4v) is 3.83. The SMILES string of the molecule is CCCC1(C(=O)Cc2ccc(OC)c(Br)c2)CCNCC1. The van der Waals surface area contributed by atoms with Crippen LogP contribution in [0.5, 0.6) is 5.75 Å². The Kier molecular flexibility index (Phi) is 5.82. The molecule has 2 rings (SSSR count). The van der Waals surface area contributed by atoms with Crippen molar-refractivity contribution in [2.75, 3.05) is 20.2 Å². The summed E-state index contributed by atoms with van der Waals surface area (Å²) in [4.78, 5) is 12.9. The van der Waals surface area contributed by atoms with E-state index >= 15 is 0 Å². The molecule has 116 valence electrons. The van der Waals surface area contributed by atoms with Crippen LogP contribution in [-0.4, -0.2) is 26.0 Å². The highest BCUT2D eigenvalue weighted by Gasteiger charge is 2.37. The van der Waals surface area contributed by atoms with Crippen molar-refractivity contribution in [1.29, 1.82) is 0 Å². The van der Waals surface area contributed by atoms with Gasteiger partial charge in [0.05, 0.1) is 11.6 Å². The highest BCUT2D eigenvalue weighted by molar-refractivity contribution is 9.10. The Hall–Kier alpha value is -0.870. The quantitative estimate of drug-likeness (QED) is 0.846. The Morgan fingerprint density at radius 3 is 2.67 bits per heavy atom. The van der Waals surface area contributed by atoms with E-state index in [0.717, 1.165) is 54.6 Å². The monoisotopic (exact) mass is 353 g/mol. The Balaban J connectivity index is 2.13. The van der Waals surface area contributed by atoms with Gasteiger partial charge >= 0.3 is 0 Å². The van der Waals surface area contributed by atoms with Gasteiger partial charge in [0.25, 0.3) is 0 Å². The summed E-state index contributed by atoms with van der Waals surface area (Å²) < 4.78 is 6.15. The Morgan fingerprint density at radius 2 is 2.10 bits per heavy atom. The predicted molar refractivity (Wildman–Crippen MR) is 88.8 cm³/mol. The predicted octanol–water partition coefficient (Wildman–Crippen LogP) is 3.74. The molecule has 21 heavy (non-hydrogen) atoms. The molecule has 0 unspecified atom stereocenters. The molecular weight excluding hydrogens is 330 g/mol. The molecule has 1 aliphatic rings. The molecule has 0 amide bonds. The third kappa shape index (κ3) is 3.86. The van der Waals surface area contributed by atoms with Gasteiger partial charge in [-0.25, -0.2) is 0 Å². The lowest BCUT2D eigenvalue weighted by molar-refractivity contribution is -0.130. The first kappa shape index (κ1) is 16.5. The number of halogens is 1. The maximum Gasteiger partial charge on any atom is 0.143 e. The second kappa shape index (κ2) is 7.41. The van der Waals surface area contributed by atoms with Crippen LogP contribution in [0.25, 0.3) is 0 Å². The summed E-state index contributed by atoms with van der Waals surface area (Å²) in [6.07, 6.45) is 4.53. The maximum atomic E-state index is 12.9. The van der Waals surface area contributed by atoms with Crippen molar-refractivity contribution < 1.29 is 9.53 Å². The number of carbonyl (C=O) groups excluding carboxylic acids is 1. The number of piperidine rings is 1. The molecule has 0 aliphatic carbocycles. The topological polar surface area (TPSA) is 38.3 Å². The van der Waals surface area contributed by atoms with Gasteiger partial charge < -0.3 is 10.1 Å². The molecule has 1 aliphatic heterocycles. The number of hydrogen-bond donors (Lipinski definition) is 1. The molecule has 0 spiro atoms. The van der Waals surface area contributed by atoms with Crippen LogP contribution in [0.2, 0.25) is 0 Å². The highest BCUT2D eigenvalue weighted by atomic mass is 79.9. The average Bonchev–Trinajstić information content (AvgIpc) is 2.48. The second-order valence-corrected chi connectivity index (χ2v) is 6.70. The number of rotatable bonds is 6. The highest BCUT2D eigenvalue weighted by Crippen LogP contribution is 2.36. The average molecular weight is 354 g/mol. The fourth-order valence-electron chi connectivity index (χ4n) is 3.24. The van der Waals surface area contributed by atoms with Gasteiger partial charge in [-0.1, -0.05) is 19.4 Å². The second-order valence-electron chi connectivity index (χ2n) is 5.85. The van der Waals surface area contributed by atoms with Gasteiger partial charge in [0.1, 0.15) is 11.5 Å². The van der Waals surface area contributed by atoms with Crippen molar-refractivity contribution in [2.24, 2.45) is 5.41 Å². The number of benzene rings is 1. The number of ketones is 1. The van der Waals surface area contributed by atoms with Crippen molar-refractivity contribution in [2.45, 2.75) is 39.0 Å². The van der Waals surface area contributed by atoms with Crippen LogP contribution in [0.1, 0.15) is 38.2 Å². The molecule has 4 heteroatoms. The summed E-state index contributed by atoms with van der Waals surface area (Å²) in [5, 5.41) is 3.36. The molecule has 1 aromatic carbocycles. The summed E-state index contributed by atoms with van der Waals surface area (Å²) in [7, 11) is 1.65. The molecule has 0 bridgehead atoms. The fraction of sp³-hybridized carbons (Fsp3) is 0.588. The van der Waals surface area contributed by atoms with Crippen molar-refractivity contribution >= 4 is 21.7 Å². The first-order chi connectivity index (χ1) is 10.1. The van der Waals surface area contributed by atoms with Crippen LogP contribution >= 0.6 is 15.9 Å². The lowest BCUT2D eigenvalue weighted by Gasteiger charge is -2.36.